The number of nitrogens with one attached hydrogen (secondary N) is 2. The largest absolute Gasteiger partial charge is 0.444 e. The molecule has 0 aliphatic carbocycles. The molecule has 2 aromatic carbocycles. The van der Waals surface area contributed by atoms with Crippen molar-refractivity contribution in [3.05, 3.63) is 87.0 Å². The summed E-state index contributed by atoms with van der Waals surface area (Å²) in [6, 6.07) is 14.2. The number of hydrogen-bond acceptors (Lipinski definition) is 3. The Morgan fingerprint density at radius 2 is 1.86 bits per heavy atom. The minimum absolute atomic E-state index is 0.0168. The Hall–Kier alpha value is -2.64. The fourth-order valence-corrected chi connectivity index (χ4v) is 3.17. The Morgan fingerprint density at radius 1 is 1.14 bits per heavy atom. The molecule has 1 atom stereocenters. The zero-order chi connectivity index (χ0) is 21.0. The van der Waals surface area contributed by atoms with E-state index in [1.54, 1.807) is 49.4 Å². The summed E-state index contributed by atoms with van der Waals surface area (Å²) < 4.78 is 18.9. The van der Waals surface area contributed by atoms with Crippen molar-refractivity contribution in [2.24, 2.45) is 0 Å². The van der Waals surface area contributed by atoms with Gasteiger partial charge in [-0.3, -0.25) is 9.59 Å². The highest BCUT2D eigenvalue weighted by Gasteiger charge is 2.13. The first-order valence-electron chi connectivity index (χ1n) is 8.72. The van der Waals surface area contributed by atoms with Gasteiger partial charge in [0.05, 0.1) is 17.5 Å². The number of amides is 2. The molecular formula is C21H17BrClFN2O3. The van der Waals surface area contributed by atoms with Crippen LogP contribution in [0.2, 0.25) is 5.02 Å². The molecule has 3 rings (SSSR count). The highest BCUT2D eigenvalue weighted by molar-refractivity contribution is 9.10. The summed E-state index contributed by atoms with van der Waals surface area (Å²) in [5, 5.41) is 5.59. The van der Waals surface area contributed by atoms with Crippen LogP contribution in [0.4, 0.5) is 10.1 Å². The fraction of sp³-hybridized carbons (Fsp3) is 0.143. The average Bonchev–Trinajstić information content (AvgIpc) is 3.12. The SMILES string of the molecule is CC(NC(=O)Cc1ccc(NC(=O)c2ccc(Br)o2)cc1)c1ccc(F)c(Cl)c1. The molecule has 150 valence electrons. The predicted molar refractivity (Wildman–Crippen MR) is 112 cm³/mol. The molecule has 2 amide bonds. The molecule has 0 aliphatic heterocycles. The molecule has 0 saturated heterocycles. The summed E-state index contributed by atoms with van der Waals surface area (Å²) in [5.74, 6) is -0.862. The van der Waals surface area contributed by atoms with Crippen molar-refractivity contribution >= 4 is 45.0 Å². The molecule has 2 N–H and O–H groups in total. The van der Waals surface area contributed by atoms with Crippen molar-refractivity contribution in [3.8, 4) is 0 Å². The first-order chi connectivity index (χ1) is 13.8. The van der Waals surface area contributed by atoms with E-state index >= 15 is 0 Å². The van der Waals surface area contributed by atoms with E-state index in [0.717, 1.165) is 5.56 Å². The first-order valence-corrected chi connectivity index (χ1v) is 9.89. The van der Waals surface area contributed by atoms with Crippen LogP contribution in [0.3, 0.4) is 0 Å². The van der Waals surface area contributed by atoms with Crippen LogP contribution in [0.25, 0.3) is 0 Å². The number of benzene rings is 2. The Kier molecular flexibility index (Phi) is 6.71. The molecule has 0 fully saturated rings. The molecule has 0 bridgehead atoms. The minimum atomic E-state index is -0.499. The summed E-state index contributed by atoms with van der Waals surface area (Å²) in [6.45, 7) is 1.80. The van der Waals surface area contributed by atoms with E-state index < -0.39 is 5.82 Å². The van der Waals surface area contributed by atoms with Gasteiger partial charge in [-0.2, -0.15) is 0 Å². The highest BCUT2D eigenvalue weighted by atomic mass is 79.9. The molecule has 0 radical (unpaired) electrons. The standard InChI is InChI=1S/C21H17BrClFN2O3/c1-12(14-4-7-17(24)16(23)11-14)25-20(27)10-13-2-5-15(6-3-13)26-21(28)18-8-9-19(22)29-18/h2-9,11-12H,10H2,1H3,(H,25,27)(H,26,28). The smallest absolute Gasteiger partial charge is 0.291 e. The molecule has 1 aromatic heterocycles. The highest BCUT2D eigenvalue weighted by Crippen LogP contribution is 2.21. The maximum Gasteiger partial charge on any atom is 0.291 e. The van der Waals surface area contributed by atoms with Gasteiger partial charge in [0.15, 0.2) is 10.4 Å². The molecule has 1 unspecified atom stereocenters. The molecule has 5 nitrogen and oxygen atoms in total. The lowest BCUT2D eigenvalue weighted by atomic mass is 10.1. The van der Waals surface area contributed by atoms with Gasteiger partial charge in [0.1, 0.15) is 5.82 Å². The van der Waals surface area contributed by atoms with Crippen LogP contribution in [-0.2, 0) is 11.2 Å². The third-order valence-electron chi connectivity index (χ3n) is 4.19. The van der Waals surface area contributed by atoms with Crippen LogP contribution in [-0.4, -0.2) is 11.8 Å². The van der Waals surface area contributed by atoms with E-state index in [2.05, 4.69) is 26.6 Å². The molecule has 3 aromatic rings. The van der Waals surface area contributed by atoms with Gasteiger partial charge in [0, 0.05) is 5.69 Å². The van der Waals surface area contributed by atoms with Gasteiger partial charge in [-0.05, 0) is 70.4 Å². The van der Waals surface area contributed by atoms with Crippen LogP contribution in [0.1, 0.15) is 34.6 Å². The zero-order valence-electron chi connectivity index (χ0n) is 15.3. The maximum atomic E-state index is 13.3. The third kappa shape index (κ3) is 5.68. The average molecular weight is 480 g/mol. The van der Waals surface area contributed by atoms with E-state index in [0.29, 0.717) is 15.9 Å². The second-order valence-corrected chi connectivity index (χ2v) is 7.58. The fourth-order valence-electron chi connectivity index (χ4n) is 2.68. The number of anilines is 1. The molecule has 0 saturated carbocycles. The van der Waals surface area contributed by atoms with Gasteiger partial charge < -0.3 is 15.1 Å². The van der Waals surface area contributed by atoms with Gasteiger partial charge in [-0.25, -0.2) is 4.39 Å². The molecule has 0 spiro atoms. The van der Waals surface area contributed by atoms with Crippen molar-refractivity contribution in [2.45, 2.75) is 19.4 Å². The van der Waals surface area contributed by atoms with Gasteiger partial charge >= 0.3 is 0 Å². The van der Waals surface area contributed by atoms with E-state index in [9.17, 15) is 14.0 Å². The van der Waals surface area contributed by atoms with Crippen LogP contribution >= 0.6 is 27.5 Å². The summed E-state index contributed by atoms with van der Waals surface area (Å²) in [4.78, 5) is 24.4. The Balaban J connectivity index is 1.55. The minimum Gasteiger partial charge on any atom is -0.444 e. The molecule has 0 aliphatic rings. The number of halogens is 3. The Labute approximate surface area is 180 Å². The van der Waals surface area contributed by atoms with Gasteiger partial charge in [-0.1, -0.05) is 29.8 Å². The Bertz CT molecular complexity index is 1040. The number of hydrogen-bond donors (Lipinski definition) is 2. The number of rotatable bonds is 6. The van der Waals surface area contributed by atoms with Crippen LogP contribution in [0.5, 0.6) is 0 Å². The second-order valence-electron chi connectivity index (χ2n) is 6.39. The summed E-state index contributed by atoms with van der Waals surface area (Å²) >= 11 is 8.94. The summed E-state index contributed by atoms with van der Waals surface area (Å²) in [7, 11) is 0. The van der Waals surface area contributed by atoms with Crippen LogP contribution in [0, 0.1) is 5.82 Å². The second kappa shape index (κ2) is 9.24. The monoisotopic (exact) mass is 478 g/mol. The zero-order valence-corrected chi connectivity index (χ0v) is 17.7. The van der Waals surface area contributed by atoms with Crippen molar-refractivity contribution in [3.63, 3.8) is 0 Å². The van der Waals surface area contributed by atoms with E-state index in [1.165, 1.54) is 12.1 Å². The maximum absolute atomic E-state index is 13.3. The molecule has 1 heterocycles. The van der Waals surface area contributed by atoms with Crippen molar-refractivity contribution in [1.29, 1.82) is 0 Å². The number of furan rings is 1. The van der Waals surface area contributed by atoms with Crippen LogP contribution in [0.15, 0.2) is 63.7 Å². The molecule has 29 heavy (non-hydrogen) atoms. The lowest BCUT2D eigenvalue weighted by molar-refractivity contribution is -0.121. The van der Waals surface area contributed by atoms with Crippen molar-refractivity contribution in [1.82, 2.24) is 5.32 Å². The van der Waals surface area contributed by atoms with Crippen LogP contribution < -0.4 is 10.6 Å². The number of carbonyl (C=O) groups is 2. The molecular weight excluding hydrogens is 463 g/mol. The van der Waals surface area contributed by atoms with Gasteiger partial charge in [-0.15, -0.1) is 0 Å². The van der Waals surface area contributed by atoms with E-state index in [1.807, 2.05) is 0 Å². The lowest BCUT2D eigenvalue weighted by Crippen LogP contribution is -2.28. The van der Waals surface area contributed by atoms with E-state index in [4.69, 9.17) is 16.0 Å². The first kappa shape index (κ1) is 21.1. The Morgan fingerprint density at radius 3 is 2.48 bits per heavy atom. The van der Waals surface area contributed by atoms with Gasteiger partial charge in [0.25, 0.3) is 5.91 Å². The number of carbonyl (C=O) groups excluding carboxylic acids is 2. The van der Waals surface area contributed by atoms with Crippen molar-refractivity contribution in [2.75, 3.05) is 5.32 Å². The van der Waals surface area contributed by atoms with E-state index in [-0.39, 0.29) is 35.1 Å². The summed E-state index contributed by atoms with van der Waals surface area (Å²) in [6.07, 6.45) is 0.165. The molecule has 8 heteroatoms. The lowest BCUT2D eigenvalue weighted by Gasteiger charge is -2.15. The predicted octanol–water partition coefficient (Wildman–Crippen LogP) is 5.51. The summed E-state index contributed by atoms with van der Waals surface area (Å²) in [5.41, 5.74) is 2.08. The normalized spacial score (nSPS) is 11.7. The quantitative estimate of drug-likeness (QED) is 0.490. The van der Waals surface area contributed by atoms with Gasteiger partial charge in [0.2, 0.25) is 5.91 Å². The topological polar surface area (TPSA) is 71.3 Å². The third-order valence-corrected chi connectivity index (χ3v) is 4.91. The van der Waals surface area contributed by atoms with Crippen molar-refractivity contribution < 1.29 is 18.4 Å².